The van der Waals surface area contributed by atoms with Crippen LogP contribution in [0, 0.1) is 12.7 Å². The van der Waals surface area contributed by atoms with E-state index in [2.05, 4.69) is 15.2 Å². The first kappa shape index (κ1) is 17.4. The Morgan fingerprint density at radius 1 is 1.27 bits per heavy atom. The number of fused-ring (bicyclic) bond motifs is 1. The highest BCUT2D eigenvalue weighted by Gasteiger charge is 2.28. The van der Waals surface area contributed by atoms with E-state index in [-0.39, 0.29) is 28.1 Å². The Morgan fingerprint density at radius 2 is 2.08 bits per heavy atom. The molecule has 1 aliphatic heterocycles. The molecule has 10 heteroatoms. The number of rotatable bonds is 2. The van der Waals surface area contributed by atoms with Gasteiger partial charge in [-0.3, -0.25) is 4.79 Å². The maximum absolute atomic E-state index is 13.9. The third-order valence-corrected chi connectivity index (χ3v) is 5.69. The van der Waals surface area contributed by atoms with Crippen LogP contribution in [0.2, 0.25) is 10.0 Å². The molecule has 0 atom stereocenters. The van der Waals surface area contributed by atoms with E-state index in [9.17, 15) is 9.18 Å². The van der Waals surface area contributed by atoms with Gasteiger partial charge in [0.05, 0.1) is 22.2 Å². The Bertz CT molecular complexity index is 1020. The molecule has 4 rings (SSSR count). The summed E-state index contributed by atoms with van der Waals surface area (Å²) in [6.07, 6.45) is 1.79. The maximum atomic E-state index is 13.9. The standard InChI is InChI=1S/C16H12Cl2FN5OS/c1-8-6-20-15(26-8)14-22-21-11-7-23(4-5-24(11)14)16(25)9-2-3-10(17)13(19)12(9)18/h2-3,6H,4-5,7H2,1H3. The summed E-state index contributed by atoms with van der Waals surface area (Å²) in [5, 5.41) is 8.80. The van der Waals surface area contributed by atoms with Crippen LogP contribution in [0.25, 0.3) is 10.8 Å². The van der Waals surface area contributed by atoms with Gasteiger partial charge >= 0.3 is 0 Å². The minimum Gasteiger partial charge on any atom is -0.329 e. The summed E-state index contributed by atoms with van der Waals surface area (Å²) in [7, 11) is 0. The van der Waals surface area contributed by atoms with E-state index in [0.717, 1.165) is 9.88 Å². The second kappa shape index (κ2) is 6.61. The number of thiazole rings is 1. The highest BCUT2D eigenvalue weighted by molar-refractivity contribution is 7.14. The van der Waals surface area contributed by atoms with Gasteiger partial charge in [0.2, 0.25) is 0 Å². The van der Waals surface area contributed by atoms with Crippen molar-refractivity contribution < 1.29 is 9.18 Å². The molecule has 0 saturated carbocycles. The van der Waals surface area contributed by atoms with Crippen LogP contribution < -0.4 is 0 Å². The third-order valence-electron chi connectivity index (χ3n) is 4.12. The first-order valence-electron chi connectivity index (χ1n) is 7.73. The number of hydrogen-bond donors (Lipinski definition) is 0. The van der Waals surface area contributed by atoms with Crippen molar-refractivity contribution in [3.63, 3.8) is 0 Å². The number of hydrogen-bond acceptors (Lipinski definition) is 5. The van der Waals surface area contributed by atoms with Crippen molar-refractivity contribution in [2.24, 2.45) is 0 Å². The van der Waals surface area contributed by atoms with Crippen LogP contribution in [0.3, 0.4) is 0 Å². The minimum absolute atomic E-state index is 0.0808. The highest BCUT2D eigenvalue weighted by atomic mass is 35.5. The van der Waals surface area contributed by atoms with Gasteiger partial charge < -0.3 is 9.47 Å². The molecule has 0 spiro atoms. The van der Waals surface area contributed by atoms with Gasteiger partial charge in [0.1, 0.15) is 0 Å². The predicted molar refractivity (Wildman–Crippen MR) is 97.0 cm³/mol. The number of amides is 1. The van der Waals surface area contributed by atoms with Crippen molar-refractivity contribution in [1.82, 2.24) is 24.6 Å². The lowest BCUT2D eigenvalue weighted by molar-refractivity contribution is 0.0707. The molecule has 3 aromatic rings. The number of benzene rings is 1. The molecule has 0 saturated heterocycles. The van der Waals surface area contributed by atoms with Crippen LogP contribution >= 0.6 is 34.5 Å². The summed E-state index contributed by atoms with van der Waals surface area (Å²) in [4.78, 5) is 19.7. The largest absolute Gasteiger partial charge is 0.329 e. The fraction of sp³-hybridized carbons (Fsp3) is 0.250. The third kappa shape index (κ3) is 2.87. The second-order valence-electron chi connectivity index (χ2n) is 5.82. The Kier molecular flexibility index (Phi) is 4.42. The van der Waals surface area contributed by atoms with E-state index in [1.165, 1.54) is 12.1 Å². The first-order chi connectivity index (χ1) is 12.5. The molecule has 0 radical (unpaired) electrons. The molecule has 1 aliphatic rings. The fourth-order valence-corrected chi connectivity index (χ4v) is 4.02. The van der Waals surface area contributed by atoms with Gasteiger partial charge in [-0.25, -0.2) is 9.37 Å². The highest BCUT2D eigenvalue weighted by Crippen LogP contribution is 2.29. The summed E-state index contributed by atoms with van der Waals surface area (Å²) in [5.41, 5.74) is 0.0808. The van der Waals surface area contributed by atoms with E-state index in [1.807, 2.05) is 11.5 Å². The van der Waals surface area contributed by atoms with Gasteiger partial charge in [-0.1, -0.05) is 23.2 Å². The molecule has 0 fully saturated rings. The average Bonchev–Trinajstić information content (AvgIpc) is 3.24. The van der Waals surface area contributed by atoms with E-state index in [4.69, 9.17) is 23.2 Å². The molecular weight excluding hydrogens is 400 g/mol. The maximum Gasteiger partial charge on any atom is 0.255 e. The number of aromatic nitrogens is 4. The monoisotopic (exact) mass is 411 g/mol. The number of aryl methyl sites for hydroxylation is 1. The van der Waals surface area contributed by atoms with Crippen molar-refractivity contribution in [3.8, 4) is 10.8 Å². The van der Waals surface area contributed by atoms with E-state index in [1.54, 1.807) is 22.4 Å². The first-order valence-corrected chi connectivity index (χ1v) is 9.30. The Morgan fingerprint density at radius 3 is 2.81 bits per heavy atom. The fourth-order valence-electron chi connectivity index (χ4n) is 2.81. The topological polar surface area (TPSA) is 63.9 Å². The Balaban J connectivity index is 1.61. The molecule has 3 heterocycles. The summed E-state index contributed by atoms with van der Waals surface area (Å²) in [6.45, 7) is 3.19. The molecule has 1 amide bonds. The number of carbonyl (C=O) groups excluding carboxylic acids is 1. The van der Waals surface area contributed by atoms with Crippen LogP contribution in [0.5, 0.6) is 0 Å². The number of halogens is 3. The summed E-state index contributed by atoms with van der Waals surface area (Å²) < 4.78 is 15.8. The SMILES string of the molecule is Cc1cnc(-c2nnc3n2CCN(C(=O)c2ccc(Cl)c(F)c2Cl)C3)s1. The van der Waals surface area contributed by atoms with Gasteiger partial charge in [-0.15, -0.1) is 21.5 Å². The molecule has 6 nitrogen and oxygen atoms in total. The zero-order valence-corrected chi connectivity index (χ0v) is 15.9. The molecule has 0 N–H and O–H groups in total. The molecule has 2 aromatic heterocycles. The van der Waals surface area contributed by atoms with Crippen molar-refractivity contribution in [3.05, 3.63) is 50.5 Å². The van der Waals surface area contributed by atoms with Crippen LogP contribution in [-0.4, -0.2) is 37.1 Å². The molecule has 134 valence electrons. The lowest BCUT2D eigenvalue weighted by Crippen LogP contribution is -2.38. The zero-order chi connectivity index (χ0) is 18.4. The normalized spacial score (nSPS) is 13.8. The Hall–Kier alpha value is -2.03. The van der Waals surface area contributed by atoms with E-state index < -0.39 is 5.82 Å². The smallest absolute Gasteiger partial charge is 0.255 e. The Labute approximate surface area is 162 Å². The second-order valence-corrected chi connectivity index (χ2v) is 7.84. The quantitative estimate of drug-likeness (QED) is 0.601. The average molecular weight is 412 g/mol. The molecule has 0 aliphatic carbocycles. The summed E-state index contributed by atoms with van der Waals surface area (Å²) in [6, 6.07) is 2.75. The zero-order valence-electron chi connectivity index (χ0n) is 13.5. The molecular formula is C16H12Cl2FN5OS. The van der Waals surface area contributed by atoms with Gasteiger partial charge in [0, 0.05) is 24.2 Å². The van der Waals surface area contributed by atoms with Crippen LogP contribution in [0.15, 0.2) is 18.3 Å². The van der Waals surface area contributed by atoms with Crippen molar-refractivity contribution in [2.45, 2.75) is 20.0 Å². The molecule has 1 aromatic carbocycles. The predicted octanol–water partition coefficient (Wildman–Crippen LogP) is 3.81. The van der Waals surface area contributed by atoms with E-state index >= 15 is 0 Å². The van der Waals surface area contributed by atoms with Crippen molar-refractivity contribution in [1.29, 1.82) is 0 Å². The molecule has 0 unspecified atom stereocenters. The van der Waals surface area contributed by atoms with Crippen LogP contribution in [0.1, 0.15) is 21.1 Å². The lowest BCUT2D eigenvalue weighted by Gasteiger charge is -2.28. The summed E-state index contributed by atoms with van der Waals surface area (Å²) in [5.74, 6) is 0.186. The van der Waals surface area contributed by atoms with Gasteiger partial charge in [0.25, 0.3) is 5.91 Å². The number of nitrogens with zero attached hydrogens (tertiary/aromatic N) is 5. The molecule has 26 heavy (non-hydrogen) atoms. The van der Waals surface area contributed by atoms with Crippen molar-refractivity contribution >= 4 is 40.4 Å². The number of carbonyl (C=O) groups is 1. The van der Waals surface area contributed by atoms with Crippen molar-refractivity contribution in [2.75, 3.05) is 6.54 Å². The van der Waals surface area contributed by atoms with Gasteiger partial charge in [-0.05, 0) is 19.1 Å². The molecule has 0 bridgehead atoms. The van der Waals surface area contributed by atoms with Crippen LogP contribution in [-0.2, 0) is 13.1 Å². The van der Waals surface area contributed by atoms with E-state index in [0.29, 0.717) is 24.7 Å². The van der Waals surface area contributed by atoms with Crippen LogP contribution in [0.4, 0.5) is 4.39 Å². The lowest BCUT2D eigenvalue weighted by atomic mass is 10.1. The van der Waals surface area contributed by atoms with Gasteiger partial charge in [0.15, 0.2) is 22.5 Å². The summed E-state index contributed by atoms with van der Waals surface area (Å²) >= 11 is 13.2. The van der Waals surface area contributed by atoms with Gasteiger partial charge in [-0.2, -0.15) is 0 Å². The minimum atomic E-state index is -0.791.